The van der Waals surface area contributed by atoms with Crippen LogP contribution in [0.2, 0.25) is 0 Å². The summed E-state index contributed by atoms with van der Waals surface area (Å²) in [5.41, 5.74) is 0. The molecule has 0 saturated heterocycles. The molecule has 0 fully saturated rings. The summed E-state index contributed by atoms with van der Waals surface area (Å²) in [6.07, 6.45) is 20.6. The Labute approximate surface area is 149 Å². The van der Waals surface area contributed by atoms with Gasteiger partial charge in [0.05, 0.1) is 0 Å². The molecular formula is C20H41NO3. The Bertz CT molecular complexity index is 259. The first-order valence-electron chi connectivity index (χ1n) is 10.3. The first kappa shape index (κ1) is 23.4. The Morgan fingerprint density at radius 2 is 1.17 bits per heavy atom. The molecule has 2 N–H and O–H groups in total. The number of nitrogens with one attached hydrogen (secondary N) is 1. The minimum atomic E-state index is -0.348. The van der Waals surface area contributed by atoms with E-state index in [1.54, 1.807) is 0 Å². The molecule has 24 heavy (non-hydrogen) atoms. The third-order valence-electron chi connectivity index (χ3n) is 4.47. The van der Waals surface area contributed by atoms with E-state index in [2.05, 4.69) is 17.0 Å². The maximum absolute atomic E-state index is 11.4. The van der Waals surface area contributed by atoms with Crippen LogP contribution in [0.3, 0.4) is 0 Å². The molecule has 4 nitrogen and oxygen atoms in total. The monoisotopic (exact) mass is 343 g/mol. The molecule has 0 spiro atoms. The fourth-order valence-electron chi connectivity index (χ4n) is 2.92. The van der Waals surface area contributed by atoms with Crippen LogP contribution in [-0.4, -0.2) is 24.5 Å². The average Bonchev–Trinajstić information content (AvgIpc) is 2.58. The second kappa shape index (κ2) is 20.4. The van der Waals surface area contributed by atoms with Gasteiger partial charge >= 0.3 is 0 Å². The minimum Gasteiger partial charge on any atom is -0.371 e. The smallest absolute Gasteiger partial charge is 0.221 e. The topological polar surface area (TPSA) is 58.6 Å². The molecule has 0 rings (SSSR count). The van der Waals surface area contributed by atoms with Crippen LogP contribution in [-0.2, 0) is 9.53 Å². The molecule has 4 heteroatoms. The third kappa shape index (κ3) is 19.4. The van der Waals surface area contributed by atoms with Gasteiger partial charge in [0.15, 0.2) is 0 Å². The van der Waals surface area contributed by atoms with Gasteiger partial charge in [-0.15, -0.1) is 0 Å². The number of unbranched alkanes of at least 4 members (excludes halogenated alkanes) is 14. The SMILES string of the molecule is CCCCCCCCCCCCCCCCCC(=O)NCOCO. The van der Waals surface area contributed by atoms with Crippen molar-refractivity contribution in [1.29, 1.82) is 0 Å². The number of carbonyl (C=O) groups is 1. The highest BCUT2D eigenvalue weighted by Crippen LogP contribution is 2.13. The number of ether oxygens (including phenoxy) is 1. The summed E-state index contributed by atoms with van der Waals surface area (Å²) in [5.74, 6) is 0.0122. The van der Waals surface area contributed by atoms with E-state index in [4.69, 9.17) is 5.11 Å². The summed E-state index contributed by atoms with van der Waals surface area (Å²) >= 11 is 0. The molecule has 0 heterocycles. The van der Waals surface area contributed by atoms with E-state index in [1.807, 2.05) is 0 Å². The zero-order valence-corrected chi connectivity index (χ0v) is 16.0. The fraction of sp³-hybridized carbons (Fsp3) is 0.950. The van der Waals surface area contributed by atoms with Crippen molar-refractivity contribution < 1.29 is 14.6 Å². The molecule has 0 bridgehead atoms. The lowest BCUT2D eigenvalue weighted by Crippen LogP contribution is -2.25. The van der Waals surface area contributed by atoms with E-state index in [0.717, 1.165) is 12.8 Å². The van der Waals surface area contributed by atoms with E-state index in [9.17, 15) is 4.79 Å². The van der Waals surface area contributed by atoms with Crippen molar-refractivity contribution >= 4 is 5.91 Å². The predicted octanol–water partition coefficient (Wildman–Crippen LogP) is 5.29. The van der Waals surface area contributed by atoms with E-state index < -0.39 is 0 Å². The second-order valence-electron chi connectivity index (χ2n) is 6.78. The molecule has 0 aliphatic rings. The maximum atomic E-state index is 11.4. The van der Waals surface area contributed by atoms with Gasteiger partial charge in [0.1, 0.15) is 13.5 Å². The molecule has 0 aromatic carbocycles. The van der Waals surface area contributed by atoms with Gasteiger partial charge in [0, 0.05) is 6.42 Å². The highest BCUT2D eigenvalue weighted by atomic mass is 16.6. The number of carbonyl (C=O) groups excluding carboxylic acids is 1. The maximum Gasteiger partial charge on any atom is 0.221 e. The predicted molar refractivity (Wildman–Crippen MR) is 101 cm³/mol. The van der Waals surface area contributed by atoms with E-state index in [-0.39, 0.29) is 19.4 Å². The van der Waals surface area contributed by atoms with Gasteiger partial charge in [-0.3, -0.25) is 4.79 Å². The van der Waals surface area contributed by atoms with Crippen LogP contribution in [0.25, 0.3) is 0 Å². The molecule has 1 amide bonds. The van der Waals surface area contributed by atoms with Crippen LogP contribution < -0.4 is 5.32 Å². The van der Waals surface area contributed by atoms with Crippen molar-refractivity contribution in [3.8, 4) is 0 Å². The van der Waals surface area contributed by atoms with Gasteiger partial charge in [0.25, 0.3) is 0 Å². The van der Waals surface area contributed by atoms with Crippen molar-refractivity contribution in [2.45, 2.75) is 110 Å². The quantitative estimate of drug-likeness (QED) is 0.247. The number of aliphatic hydroxyl groups is 1. The van der Waals surface area contributed by atoms with Gasteiger partial charge < -0.3 is 15.2 Å². The first-order chi connectivity index (χ1) is 11.8. The molecule has 0 aliphatic heterocycles. The number of aliphatic hydroxyl groups excluding tert-OH is 1. The number of hydrogen-bond acceptors (Lipinski definition) is 3. The summed E-state index contributed by atoms with van der Waals surface area (Å²) in [7, 11) is 0. The Hall–Kier alpha value is -0.610. The fourth-order valence-corrected chi connectivity index (χ4v) is 2.92. The summed E-state index contributed by atoms with van der Waals surface area (Å²) in [4.78, 5) is 11.4. The molecule has 0 saturated carbocycles. The summed E-state index contributed by atoms with van der Waals surface area (Å²) in [6, 6.07) is 0. The van der Waals surface area contributed by atoms with Gasteiger partial charge in [-0.05, 0) is 6.42 Å². The summed E-state index contributed by atoms with van der Waals surface area (Å²) in [6.45, 7) is 2.03. The number of rotatable bonds is 19. The van der Waals surface area contributed by atoms with Gasteiger partial charge in [-0.1, -0.05) is 96.8 Å². The van der Waals surface area contributed by atoms with Gasteiger partial charge in [0.2, 0.25) is 5.91 Å². The molecule has 0 aromatic heterocycles. The van der Waals surface area contributed by atoms with Crippen LogP contribution >= 0.6 is 0 Å². The van der Waals surface area contributed by atoms with Crippen molar-refractivity contribution in [2.24, 2.45) is 0 Å². The Morgan fingerprint density at radius 3 is 1.58 bits per heavy atom. The zero-order chi connectivity index (χ0) is 17.7. The lowest BCUT2D eigenvalue weighted by Gasteiger charge is -2.05. The number of amides is 1. The van der Waals surface area contributed by atoms with E-state index >= 15 is 0 Å². The van der Waals surface area contributed by atoms with E-state index in [1.165, 1.54) is 83.5 Å². The normalized spacial score (nSPS) is 10.9. The van der Waals surface area contributed by atoms with Crippen molar-refractivity contribution in [3.63, 3.8) is 0 Å². The molecule has 0 aromatic rings. The van der Waals surface area contributed by atoms with Crippen molar-refractivity contribution in [1.82, 2.24) is 5.32 Å². The average molecular weight is 344 g/mol. The van der Waals surface area contributed by atoms with Crippen LogP contribution in [0.4, 0.5) is 0 Å². The van der Waals surface area contributed by atoms with E-state index in [0.29, 0.717) is 6.42 Å². The van der Waals surface area contributed by atoms with Crippen molar-refractivity contribution in [2.75, 3.05) is 13.5 Å². The lowest BCUT2D eigenvalue weighted by molar-refractivity contribution is -0.124. The van der Waals surface area contributed by atoms with Crippen LogP contribution in [0.5, 0.6) is 0 Å². The lowest BCUT2D eigenvalue weighted by atomic mass is 10.0. The first-order valence-corrected chi connectivity index (χ1v) is 10.3. The summed E-state index contributed by atoms with van der Waals surface area (Å²) < 4.78 is 4.66. The molecule has 0 unspecified atom stereocenters. The second-order valence-corrected chi connectivity index (χ2v) is 6.78. The van der Waals surface area contributed by atoms with Gasteiger partial charge in [-0.2, -0.15) is 0 Å². The van der Waals surface area contributed by atoms with Crippen LogP contribution in [0.15, 0.2) is 0 Å². The largest absolute Gasteiger partial charge is 0.371 e. The third-order valence-corrected chi connectivity index (χ3v) is 4.47. The molecule has 0 radical (unpaired) electrons. The minimum absolute atomic E-state index is 0.0122. The molecule has 144 valence electrons. The highest BCUT2D eigenvalue weighted by Gasteiger charge is 2.00. The Balaban J connectivity index is 3.06. The molecule has 0 atom stereocenters. The van der Waals surface area contributed by atoms with Gasteiger partial charge in [-0.25, -0.2) is 0 Å². The number of hydrogen-bond donors (Lipinski definition) is 2. The molecular weight excluding hydrogens is 302 g/mol. The Morgan fingerprint density at radius 1 is 0.750 bits per heavy atom. The van der Waals surface area contributed by atoms with Crippen LogP contribution in [0, 0.1) is 0 Å². The standard InChI is InChI=1S/C20H41NO3/c1-2-3-4-5-6-7-8-9-10-11-12-13-14-15-16-17-20(23)21-18-24-19-22/h22H,2-19H2,1H3,(H,21,23). The summed E-state index contributed by atoms with van der Waals surface area (Å²) in [5, 5.41) is 11.0. The molecule has 0 aliphatic carbocycles. The highest BCUT2D eigenvalue weighted by molar-refractivity contribution is 5.75. The van der Waals surface area contributed by atoms with Crippen molar-refractivity contribution in [3.05, 3.63) is 0 Å². The zero-order valence-electron chi connectivity index (χ0n) is 16.0. The Kier molecular flexibility index (Phi) is 19.9. The van der Waals surface area contributed by atoms with Crippen LogP contribution in [0.1, 0.15) is 110 Å².